The number of rotatable bonds is 8. The molecular weight excluding hydrogens is 372 g/mol. The van der Waals surface area contributed by atoms with E-state index in [0.717, 1.165) is 16.3 Å². The van der Waals surface area contributed by atoms with E-state index in [4.69, 9.17) is 11.6 Å². The highest BCUT2D eigenvalue weighted by molar-refractivity contribution is 7.89. The largest absolute Gasteiger partial charge is 0.354 e. The van der Waals surface area contributed by atoms with Crippen LogP contribution in [0.4, 0.5) is 0 Å². The van der Waals surface area contributed by atoms with Crippen LogP contribution in [0.2, 0.25) is 5.02 Å². The maximum Gasteiger partial charge on any atom is 0.243 e. The third kappa shape index (κ3) is 5.30. The summed E-state index contributed by atoms with van der Waals surface area (Å²) < 4.78 is 26.0. The monoisotopic (exact) mass is 394 g/mol. The minimum absolute atomic E-state index is 0.105. The predicted molar refractivity (Wildman–Crippen MR) is 104 cm³/mol. The summed E-state index contributed by atoms with van der Waals surface area (Å²) in [7, 11) is -2.35. The first kappa shape index (κ1) is 20.4. The molecule has 1 unspecified atom stereocenters. The molecule has 2 aromatic carbocycles. The molecule has 0 fully saturated rings. The molecule has 0 aromatic heterocycles. The van der Waals surface area contributed by atoms with Crippen molar-refractivity contribution in [2.75, 3.05) is 20.1 Å². The Labute approximate surface area is 160 Å². The minimum Gasteiger partial charge on any atom is -0.354 e. The topological polar surface area (TPSA) is 66.5 Å². The maximum absolute atomic E-state index is 12.5. The van der Waals surface area contributed by atoms with E-state index < -0.39 is 10.0 Å². The molecule has 5 nitrogen and oxygen atoms in total. The van der Waals surface area contributed by atoms with Gasteiger partial charge in [-0.2, -0.15) is 4.31 Å². The van der Waals surface area contributed by atoms with Crippen LogP contribution in [0.15, 0.2) is 59.5 Å². The lowest BCUT2D eigenvalue weighted by atomic mass is 9.96. The van der Waals surface area contributed by atoms with Crippen molar-refractivity contribution in [2.24, 2.45) is 0 Å². The number of amides is 1. The van der Waals surface area contributed by atoms with Crippen LogP contribution in [-0.2, 0) is 14.8 Å². The highest BCUT2D eigenvalue weighted by atomic mass is 35.5. The quantitative estimate of drug-likeness (QED) is 0.747. The summed E-state index contributed by atoms with van der Waals surface area (Å²) >= 11 is 5.79. The Morgan fingerprint density at radius 3 is 2.31 bits per heavy atom. The van der Waals surface area contributed by atoms with Gasteiger partial charge in [0.05, 0.1) is 11.4 Å². The molecule has 0 saturated carbocycles. The van der Waals surface area contributed by atoms with Crippen LogP contribution in [0, 0.1) is 0 Å². The molecule has 2 aromatic rings. The Bertz CT molecular complexity index is 824. The fourth-order valence-corrected chi connectivity index (χ4v) is 3.84. The van der Waals surface area contributed by atoms with E-state index in [2.05, 4.69) is 12.2 Å². The van der Waals surface area contributed by atoms with Crippen molar-refractivity contribution < 1.29 is 13.2 Å². The van der Waals surface area contributed by atoms with Gasteiger partial charge in [-0.15, -0.1) is 0 Å². The Morgan fingerprint density at radius 1 is 1.12 bits per heavy atom. The molecule has 0 bridgehead atoms. The summed E-state index contributed by atoms with van der Waals surface area (Å²) in [6, 6.07) is 15.8. The molecule has 0 aliphatic carbocycles. The summed E-state index contributed by atoms with van der Waals surface area (Å²) in [5.41, 5.74) is 1.15. The van der Waals surface area contributed by atoms with Crippen molar-refractivity contribution in [3.8, 4) is 0 Å². The zero-order valence-electron chi connectivity index (χ0n) is 14.9. The first-order valence-electron chi connectivity index (χ1n) is 8.38. The molecule has 140 valence electrons. The molecule has 0 heterocycles. The van der Waals surface area contributed by atoms with E-state index in [-0.39, 0.29) is 23.3 Å². The van der Waals surface area contributed by atoms with E-state index >= 15 is 0 Å². The molecule has 0 aliphatic heterocycles. The molecule has 0 radical (unpaired) electrons. The molecule has 0 saturated heterocycles. The smallest absolute Gasteiger partial charge is 0.243 e. The maximum atomic E-state index is 12.5. The van der Waals surface area contributed by atoms with E-state index in [0.29, 0.717) is 11.6 Å². The van der Waals surface area contributed by atoms with Crippen molar-refractivity contribution in [3.63, 3.8) is 0 Å². The minimum atomic E-state index is -3.73. The number of benzene rings is 2. The first-order valence-corrected chi connectivity index (χ1v) is 10.2. The molecule has 2 rings (SSSR count). The number of carbonyl (C=O) groups excluding carboxylic acids is 1. The standard InChI is InChI=1S/C19H23ClN2O3S/c1-3-15(16-7-5-4-6-8-16)13-21-19(23)14-22(2)26(24,25)18-11-9-17(20)10-12-18/h4-12,15H,3,13-14H2,1-2H3,(H,21,23). The van der Waals surface area contributed by atoms with Gasteiger partial charge in [-0.25, -0.2) is 8.42 Å². The Hall–Kier alpha value is -1.89. The van der Waals surface area contributed by atoms with E-state index in [1.165, 1.54) is 31.3 Å². The number of nitrogens with one attached hydrogen (secondary N) is 1. The summed E-state index contributed by atoms with van der Waals surface area (Å²) in [5.74, 6) is -0.141. The van der Waals surface area contributed by atoms with Gasteiger partial charge in [0.15, 0.2) is 0 Å². The van der Waals surface area contributed by atoms with Gasteiger partial charge in [-0.1, -0.05) is 48.9 Å². The van der Waals surface area contributed by atoms with Gasteiger partial charge >= 0.3 is 0 Å². The fourth-order valence-electron chi connectivity index (χ4n) is 2.59. The highest BCUT2D eigenvalue weighted by Crippen LogP contribution is 2.19. The zero-order valence-corrected chi connectivity index (χ0v) is 16.4. The number of halogens is 1. The molecule has 1 N–H and O–H groups in total. The SMILES string of the molecule is CCC(CNC(=O)CN(C)S(=O)(=O)c1ccc(Cl)cc1)c1ccccc1. The van der Waals surface area contributed by atoms with Crippen molar-refractivity contribution >= 4 is 27.5 Å². The van der Waals surface area contributed by atoms with E-state index in [1.807, 2.05) is 30.3 Å². The second kappa shape index (κ2) is 9.16. The average Bonchev–Trinajstić information content (AvgIpc) is 2.63. The lowest BCUT2D eigenvalue weighted by Gasteiger charge is -2.19. The van der Waals surface area contributed by atoms with Crippen molar-refractivity contribution in [1.82, 2.24) is 9.62 Å². The number of nitrogens with zero attached hydrogens (tertiary/aromatic N) is 1. The van der Waals surface area contributed by atoms with Crippen molar-refractivity contribution in [3.05, 3.63) is 65.2 Å². The van der Waals surface area contributed by atoms with Crippen molar-refractivity contribution in [2.45, 2.75) is 24.2 Å². The average molecular weight is 395 g/mol. The van der Waals surface area contributed by atoms with E-state index in [9.17, 15) is 13.2 Å². The molecule has 0 spiro atoms. The first-order chi connectivity index (χ1) is 12.3. The van der Waals surface area contributed by atoms with Crippen LogP contribution < -0.4 is 5.32 Å². The second-order valence-corrected chi connectivity index (χ2v) is 8.52. The zero-order chi connectivity index (χ0) is 19.2. The lowest BCUT2D eigenvalue weighted by Crippen LogP contribution is -2.39. The molecule has 26 heavy (non-hydrogen) atoms. The van der Waals surface area contributed by atoms with Gasteiger partial charge in [0.25, 0.3) is 0 Å². The molecule has 7 heteroatoms. The highest BCUT2D eigenvalue weighted by Gasteiger charge is 2.23. The van der Waals surface area contributed by atoms with Gasteiger partial charge in [-0.05, 0) is 36.2 Å². The number of carbonyl (C=O) groups is 1. The van der Waals surface area contributed by atoms with Crippen molar-refractivity contribution in [1.29, 1.82) is 0 Å². The number of likely N-dealkylation sites (N-methyl/N-ethyl adjacent to an activating group) is 1. The summed E-state index contributed by atoms with van der Waals surface area (Å²) in [6.45, 7) is 2.28. The van der Waals surface area contributed by atoms with Crippen LogP contribution in [-0.4, -0.2) is 38.8 Å². The summed E-state index contributed by atoms with van der Waals surface area (Å²) in [4.78, 5) is 12.3. The summed E-state index contributed by atoms with van der Waals surface area (Å²) in [5, 5.41) is 3.28. The van der Waals surface area contributed by atoms with Gasteiger partial charge in [0.2, 0.25) is 15.9 Å². The summed E-state index contributed by atoms with van der Waals surface area (Å²) in [6.07, 6.45) is 0.878. The molecule has 0 aliphatic rings. The van der Waals surface area contributed by atoms with Gasteiger partial charge in [0, 0.05) is 24.5 Å². The number of hydrogen-bond acceptors (Lipinski definition) is 3. The van der Waals surface area contributed by atoms with Crippen LogP contribution >= 0.6 is 11.6 Å². The molecule has 1 atom stereocenters. The van der Waals surface area contributed by atoms with Crippen LogP contribution in [0.5, 0.6) is 0 Å². The third-order valence-corrected chi connectivity index (χ3v) is 6.27. The molecule has 1 amide bonds. The Balaban J connectivity index is 1.95. The second-order valence-electron chi connectivity index (χ2n) is 6.03. The van der Waals surface area contributed by atoms with Gasteiger partial charge in [-0.3, -0.25) is 4.79 Å². The van der Waals surface area contributed by atoms with E-state index in [1.54, 1.807) is 0 Å². The Kier molecular flexibility index (Phi) is 7.20. The predicted octanol–water partition coefficient (Wildman–Crippen LogP) is 3.27. The third-order valence-electron chi connectivity index (χ3n) is 4.20. The van der Waals surface area contributed by atoms with Crippen LogP contribution in [0.25, 0.3) is 0 Å². The Morgan fingerprint density at radius 2 is 1.73 bits per heavy atom. The van der Waals surface area contributed by atoms with Gasteiger partial charge < -0.3 is 5.32 Å². The lowest BCUT2D eigenvalue weighted by molar-refractivity contribution is -0.121. The number of hydrogen-bond donors (Lipinski definition) is 1. The normalized spacial score (nSPS) is 12.8. The van der Waals surface area contributed by atoms with Gasteiger partial charge in [0.1, 0.15) is 0 Å². The number of sulfonamides is 1. The van der Waals surface area contributed by atoms with Crippen LogP contribution in [0.1, 0.15) is 24.8 Å². The fraction of sp³-hybridized carbons (Fsp3) is 0.316. The molecular formula is C19H23ClN2O3S. The van der Waals surface area contributed by atoms with Crippen LogP contribution in [0.3, 0.4) is 0 Å².